The summed E-state index contributed by atoms with van der Waals surface area (Å²) in [6.45, 7) is 7.97. The first-order valence-corrected chi connectivity index (χ1v) is 27.1. The Kier molecular flexibility index (Phi) is 16.2. The Hall–Kier alpha value is -9.27. The second-order valence-corrected chi connectivity index (χ2v) is 21.9. The van der Waals surface area contributed by atoms with Gasteiger partial charge in [-0.3, -0.25) is 34.7 Å². The maximum atomic E-state index is 14.9. The number of esters is 2. The van der Waals surface area contributed by atoms with E-state index < -0.39 is 79.2 Å². The number of benzene rings is 6. The van der Waals surface area contributed by atoms with Crippen molar-refractivity contribution in [3.8, 4) is 0 Å². The predicted octanol–water partition coefficient (Wildman–Crippen LogP) is 10.9. The highest BCUT2D eigenvalue weighted by molar-refractivity contribution is 8.00. The Labute approximate surface area is 468 Å². The van der Waals surface area contributed by atoms with E-state index in [4.69, 9.17) is 19.3 Å². The lowest BCUT2D eigenvalue weighted by Crippen LogP contribution is -2.71. The number of hydrogen-bond acceptors (Lipinski definition) is 16. The van der Waals surface area contributed by atoms with Gasteiger partial charge in [-0.1, -0.05) is 163 Å². The molecule has 2 atom stereocenters. The van der Waals surface area contributed by atoms with Gasteiger partial charge in [-0.15, -0.1) is 23.1 Å². The molecule has 7 aromatic rings. The molecule has 2 N–H and O–H groups in total. The van der Waals surface area contributed by atoms with Crippen LogP contribution in [0, 0.1) is 20.2 Å². The number of hydrogen-bond donors (Lipinski definition) is 2. The lowest BCUT2D eigenvalue weighted by Gasteiger charge is -2.49. The van der Waals surface area contributed by atoms with Gasteiger partial charge in [-0.05, 0) is 80.2 Å². The van der Waals surface area contributed by atoms with E-state index in [0.29, 0.717) is 16.3 Å². The van der Waals surface area contributed by atoms with E-state index in [9.17, 15) is 39.4 Å². The van der Waals surface area contributed by atoms with Crippen LogP contribution in [0.15, 0.2) is 198 Å². The van der Waals surface area contributed by atoms with E-state index in [2.05, 4.69) is 15.8 Å². The lowest BCUT2D eigenvalue weighted by atomic mass is 9.77. The van der Waals surface area contributed by atoms with Crippen molar-refractivity contribution in [2.24, 2.45) is 5.16 Å². The fraction of sp³-hybridized carbons (Fsp3) is 0.200. The maximum absolute atomic E-state index is 14.9. The third-order valence-corrected chi connectivity index (χ3v) is 15.0. The number of nitro groups is 2. The number of carbonyl (C=O) groups is 4. The van der Waals surface area contributed by atoms with Crippen molar-refractivity contribution in [2.75, 3.05) is 11.1 Å². The monoisotopic (exact) mass is 1110 g/mol. The molecule has 0 saturated carbocycles. The van der Waals surface area contributed by atoms with Gasteiger partial charge < -0.3 is 24.9 Å². The SMILES string of the molecule is CC(C)(C)OC(=O)C(C)(C)ON=C(C(=O)NC1C(=O)N2C(C(=O)OC(c3ccccc3)c3ccccc3)=C(C=Cc3ccc([N+](=O)[O-])cc3[N+](=O)[O-])CS[C@H]12)c1csc(NC(c2ccccc2)(c2ccccc2)c2ccccc2)n1. The molecule has 1 aromatic heterocycles. The minimum Gasteiger partial charge on any atom is -0.457 e. The van der Waals surface area contributed by atoms with Gasteiger partial charge in [0.15, 0.2) is 16.9 Å². The first-order chi connectivity index (χ1) is 38.3. The summed E-state index contributed by atoms with van der Waals surface area (Å²) in [5.41, 5.74) is -1.06. The van der Waals surface area contributed by atoms with E-state index >= 15 is 0 Å². The number of rotatable bonds is 19. The topological polar surface area (TPSA) is 235 Å². The number of non-ortho nitro benzene ring substituents is 1. The summed E-state index contributed by atoms with van der Waals surface area (Å²) in [5.74, 6) is -3.26. The van der Waals surface area contributed by atoms with Crippen molar-refractivity contribution < 1.29 is 43.3 Å². The van der Waals surface area contributed by atoms with Gasteiger partial charge in [-0.2, -0.15) is 0 Å². The van der Waals surface area contributed by atoms with E-state index in [1.165, 1.54) is 60.1 Å². The van der Waals surface area contributed by atoms with Crippen LogP contribution < -0.4 is 10.6 Å². The summed E-state index contributed by atoms with van der Waals surface area (Å²) < 4.78 is 11.9. The van der Waals surface area contributed by atoms with Crippen LogP contribution in [0.3, 0.4) is 0 Å². The molecule has 18 nitrogen and oxygen atoms in total. The van der Waals surface area contributed by atoms with Crippen molar-refractivity contribution in [1.29, 1.82) is 0 Å². The molecule has 0 radical (unpaired) electrons. The van der Waals surface area contributed by atoms with Gasteiger partial charge >= 0.3 is 11.9 Å². The minimum atomic E-state index is -1.72. The number of β-lactam (4-membered cyclic amide) rings is 1. The molecule has 406 valence electrons. The van der Waals surface area contributed by atoms with Gasteiger partial charge in [0.2, 0.25) is 5.60 Å². The van der Waals surface area contributed by atoms with Crippen molar-refractivity contribution >= 4 is 75.1 Å². The number of aromatic nitrogens is 1. The number of thiazole rings is 1. The van der Waals surface area contributed by atoms with Crippen molar-refractivity contribution in [2.45, 2.75) is 68.9 Å². The average Bonchev–Trinajstić information content (AvgIpc) is 3.93. The molecule has 2 amide bonds. The average molecular weight is 1110 g/mol. The zero-order valence-corrected chi connectivity index (χ0v) is 45.5. The van der Waals surface area contributed by atoms with Crippen LogP contribution in [-0.2, 0) is 39.0 Å². The van der Waals surface area contributed by atoms with Crippen LogP contribution in [0.2, 0.25) is 0 Å². The highest BCUT2D eigenvalue weighted by Gasteiger charge is 2.55. The molecular weight excluding hydrogens is 1060 g/mol. The highest BCUT2D eigenvalue weighted by Crippen LogP contribution is 2.44. The molecular formula is C60H53N7O11S2. The van der Waals surface area contributed by atoms with E-state index in [0.717, 1.165) is 28.8 Å². The summed E-state index contributed by atoms with van der Waals surface area (Å²) in [7, 11) is 0. The van der Waals surface area contributed by atoms with Gasteiger partial charge in [0.1, 0.15) is 33.9 Å². The number of thioether (sulfide) groups is 1. The van der Waals surface area contributed by atoms with Crippen LogP contribution >= 0.6 is 23.1 Å². The summed E-state index contributed by atoms with van der Waals surface area (Å²) >= 11 is 2.38. The first-order valence-electron chi connectivity index (χ1n) is 25.2. The third kappa shape index (κ3) is 11.9. The van der Waals surface area contributed by atoms with Crippen LogP contribution in [0.4, 0.5) is 16.5 Å². The van der Waals surface area contributed by atoms with Gasteiger partial charge in [0, 0.05) is 17.2 Å². The zero-order chi connectivity index (χ0) is 56.8. The number of amides is 2. The molecule has 2 aliphatic rings. The number of allylic oxidation sites excluding steroid dienone is 1. The summed E-state index contributed by atoms with van der Waals surface area (Å²) in [5, 5.41) is 35.5. The Morgan fingerprint density at radius 2 is 1.29 bits per heavy atom. The van der Waals surface area contributed by atoms with Gasteiger partial charge in [-0.25, -0.2) is 14.6 Å². The Balaban J connectivity index is 1.07. The smallest absolute Gasteiger partial charge is 0.356 e. The molecule has 6 aromatic carbocycles. The summed E-state index contributed by atoms with van der Waals surface area (Å²) in [6, 6.07) is 49.3. The fourth-order valence-corrected chi connectivity index (χ4v) is 11.1. The standard InChI is InChI=1S/C60H53N7O11S2/c1-58(2,3)77-56(71)59(4,5)78-64-48(46-37-80-57(61-46)63-60(42-25-15-8-16-26-42,43-27-17-9-18-28-43)44-29-19-10-20-30-44)52(68)62-49-53(69)65-50(55(70)76-51(39-21-11-6-12-22-39)40-23-13-7-14-24-40)41(36-79-54(49)65)32-31-38-33-34-45(66(72)73)35-47(38)67(74)75/h6-35,37,49,51,54H,36H2,1-5H3,(H,61,63)(H,62,68)/t49?,54-/m1/s1. The molecule has 9 rings (SSSR count). The van der Waals surface area contributed by atoms with Crippen molar-refractivity contribution in [1.82, 2.24) is 15.2 Å². The number of ether oxygens (including phenoxy) is 2. The lowest BCUT2D eigenvalue weighted by molar-refractivity contribution is -0.394. The van der Waals surface area contributed by atoms with Gasteiger partial charge in [0.25, 0.3) is 23.2 Å². The first kappa shape index (κ1) is 55.5. The fourth-order valence-electron chi connectivity index (χ4n) is 9.04. The van der Waals surface area contributed by atoms with Gasteiger partial charge in [0.05, 0.1) is 21.5 Å². The number of anilines is 1. The zero-order valence-electron chi connectivity index (χ0n) is 43.9. The second kappa shape index (κ2) is 23.4. The number of nitro benzene ring substituents is 2. The normalized spacial score (nSPS) is 15.7. The molecule has 80 heavy (non-hydrogen) atoms. The number of carbonyl (C=O) groups excluding carboxylic acids is 4. The predicted molar refractivity (Wildman–Crippen MR) is 304 cm³/mol. The van der Waals surface area contributed by atoms with Crippen molar-refractivity contribution in [3.05, 3.63) is 252 Å². The Bertz CT molecular complexity index is 3420. The molecule has 3 heterocycles. The second-order valence-electron chi connectivity index (χ2n) is 20.0. The van der Waals surface area contributed by atoms with Crippen LogP contribution in [0.25, 0.3) is 6.08 Å². The molecule has 1 unspecified atom stereocenters. The molecule has 20 heteroatoms. The Morgan fingerprint density at radius 1 is 0.750 bits per heavy atom. The number of fused-ring (bicyclic) bond motifs is 1. The maximum Gasteiger partial charge on any atom is 0.356 e. The van der Waals surface area contributed by atoms with Crippen LogP contribution in [0.5, 0.6) is 0 Å². The molecule has 2 aliphatic heterocycles. The van der Waals surface area contributed by atoms with Crippen molar-refractivity contribution in [3.63, 3.8) is 0 Å². The molecule has 0 spiro atoms. The highest BCUT2D eigenvalue weighted by atomic mass is 32.2. The number of oxime groups is 1. The van der Waals surface area contributed by atoms with E-state index in [1.807, 2.05) is 103 Å². The summed E-state index contributed by atoms with van der Waals surface area (Å²) in [6.07, 6.45) is 1.82. The van der Waals surface area contributed by atoms with Crippen LogP contribution in [-0.4, -0.2) is 77.6 Å². The van der Waals surface area contributed by atoms with E-state index in [1.54, 1.807) is 74.7 Å². The van der Waals surface area contributed by atoms with Crippen LogP contribution in [0.1, 0.15) is 79.8 Å². The quantitative estimate of drug-likeness (QED) is 0.0191. The number of nitrogens with zero attached hydrogens (tertiary/aromatic N) is 5. The molecule has 0 bridgehead atoms. The molecule has 0 aliphatic carbocycles. The number of nitrogens with one attached hydrogen (secondary N) is 2. The molecule has 1 fully saturated rings. The third-order valence-electron chi connectivity index (χ3n) is 12.9. The minimum absolute atomic E-state index is 0.00497. The molecule has 1 saturated heterocycles. The van der Waals surface area contributed by atoms with E-state index in [-0.39, 0.29) is 34.0 Å². The summed E-state index contributed by atoms with van der Waals surface area (Å²) in [4.78, 5) is 92.1. The Morgan fingerprint density at radius 3 is 1.80 bits per heavy atom. The largest absolute Gasteiger partial charge is 0.457 e.